The lowest BCUT2D eigenvalue weighted by Gasteiger charge is -2.10. The molecule has 0 bridgehead atoms. The van der Waals surface area contributed by atoms with Crippen molar-refractivity contribution in [2.75, 3.05) is 11.9 Å². The molecule has 7 heteroatoms. The number of nitrogens with one attached hydrogen (secondary N) is 1. The number of rotatable bonds is 6. The summed E-state index contributed by atoms with van der Waals surface area (Å²) in [5.41, 5.74) is 1.20. The Balaban J connectivity index is 1.67. The lowest BCUT2D eigenvalue weighted by Crippen LogP contribution is -2.25. The van der Waals surface area contributed by atoms with E-state index in [0.29, 0.717) is 29.9 Å². The van der Waals surface area contributed by atoms with E-state index in [1.807, 2.05) is 42.5 Å². The highest BCUT2D eigenvalue weighted by Crippen LogP contribution is 2.17. The van der Waals surface area contributed by atoms with Crippen LogP contribution in [0.5, 0.6) is 0 Å². The first-order chi connectivity index (χ1) is 11.6. The van der Waals surface area contributed by atoms with Crippen molar-refractivity contribution < 1.29 is 4.42 Å². The fourth-order valence-electron chi connectivity index (χ4n) is 2.26. The summed E-state index contributed by atoms with van der Waals surface area (Å²) < 4.78 is 7.47. The SMILES string of the molecule is O=c1c(Cl)c(NCCc2ccc(Br)o2)cnn1Cc1ccccc1. The van der Waals surface area contributed by atoms with Crippen molar-refractivity contribution >= 4 is 33.2 Å². The minimum atomic E-state index is -0.314. The van der Waals surface area contributed by atoms with E-state index in [4.69, 9.17) is 16.0 Å². The van der Waals surface area contributed by atoms with Crippen molar-refractivity contribution in [3.63, 3.8) is 0 Å². The Bertz CT molecular complexity index is 877. The van der Waals surface area contributed by atoms with Gasteiger partial charge in [0.15, 0.2) is 4.67 Å². The molecular formula is C17H15BrClN3O2. The molecule has 5 nitrogen and oxygen atoms in total. The molecule has 2 heterocycles. The van der Waals surface area contributed by atoms with Crippen LogP contribution in [0.1, 0.15) is 11.3 Å². The van der Waals surface area contributed by atoms with E-state index in [9.17, 15) is 4.79 Å². The molecule has 0 unspecified atom stereocenters. The van der Waals surface area contributed by atoms with Gasteiger partial charge in [0.25, 0.3) is 5.56 Å². The third-order valence-corrected chi connectivity index (χ3v) is 4.27. The molecule has 0 saturated heterocycles. The number of anilines is 1. The molecule has 1 N–H and O–H groups in total. The molecule has 0 spiro atoms. The molecule has 0 fully saturated rings. The van der Waals surface area contributed by atoms with Gasteiger partial charge in [-0.05, 0) is 33.6 Å². The van der Waals surface area contributed by atoms with Gasteiger partial charge in [0.2, 0.25) is 0 Å². The number of nitrogens with zero attached hydrogens (tertiary/aromatic N) is 2. The highest BCUT2D eigenvalue weighted by atomic mass is 79.9. The van der Waals surface area contributed by atoms with E-state index in [2.05, 4.69) is 26.3 Å². The smallest absolute Gasteiger partial charge is 0.287 e. The summed E-state index contributed by atoms with van der Waals surface area (Å²) in [5.74, 6) is 0.843. The predicted molar refractivity (Wildman–Crippen MR) is 97.7 cm³/mol. The number of halogens is 2. The van der Waals surface area contributed by atoms with Crippen molar-refractivity contribution in [3.8, 4) is 0 Å². The standard InChI is InChI=1S/C17H15BrClN3O2/c18-15-7-6-13(24-15)8-9-20-14-10-21-22(17(23)16(14)19)11-12-4-2-1-3-5-12/h1-7,10,20H,8-9,11H2. The Hall–Kier alpha value is -2.05. The molecule has 0 aliphatic rings. The van der Waals surface area contributed by atoms with Crippen molar-refractivity contribution in [1.82, 2.24) is 9.78 Å². The summed E-state index contributed by atoms with van der Waals surface area (Å²) in [5, 5.41) is 7.45. The molecular weight excluding hydrogens is 394 g/mol. The zero-order valence-electron chi connectivity index (χ0n) is 12.7. The second-order valence-corrected chi connectivity index (χ2v) is 6.36. The third kappa shape index (κ3) is 4.07. The summed E-state index contributed by atoms with van der Waals surface area (Å²) in [6, 6.07) is 13.4. The Morgan fingerprint density at radius 3 is 2.71 bits per heavy atom. The topological polar surface area (TPSA) is 60.1 Å². The molecule has 3 rings (SSSR count). The van der Waals surface area contributed by atoms with Gasteiger partial charge in [-0.2, -0.15) is 5.10 Å². The Morgan fingerprint density at radius 1 is 1.21 bits per heavy atom. The normalized spacial score (nSPS) is 10.8. The largest absolute Gasteiger partial charge is 0.454 e. The van der Waals surface area contributed by atoms with Crippen LogP contribution in [0.25, 0.3) is 0 Å². The molecule has 0 aliphatic heterocycles. The summed E-state index contributed by atoms with van der Waals surface area (Å²) in [6.45, 7) is 0.976. The summed E-state index contributed by atoms with van der Waals surface area (Å²) in [6.07, 6.45) is 2.25. The van der Waals surface area contributed by atoms with E-state index < -0.39 is 0 Å². The second kappa shape index (κ2) is 7.68. The summed E-state index contributed by atoms with van der Waals surface area (Å²) >= 11 is 9.45. The average molecular weight is 409 g/mol. The molecule has 24 heavy (non-hydrogen) atoms. The quantitative estimate of drug-likeness (QED) is 0.671. The molecule has 3 aromatic rings. The van der Waals surface area contributed by atoms with Gasteiger partial charge < -0.3 is 9.73 Å². The Labute approximate surface area is 152 Å². The zero-order valence-corrected chi connectivity index (χ0v) is 15.0. The van der Waals surface area contributed by atoms with Crippen molar-refractivity contribution in [2.24, 2.45) is 0 Å². The van der Waals surface area contributed by atoms with Crippen LogP contribution < -0.4 is 10.9 Å². The van der Waals surface area contributed by atoms with Gasteiger partial charge in [-0.3, -0.25) is 4.79 Å². The van der Waals surface area contributed by atoms with Crippen molar-refractivity contribution in [2.45, 2.75) is 13.0 Å². The molecule has 124 valence electrons. The Morgan fingerprint density at radius 2 is 2.00 bits per heavy atom. The van der Waals surface area contributed by atoms with Crippen LogP contribution in [-0.4, -0.2) is 16.3 Å². The first kappa shape index (κ1) is 16.8. The number of aromatic nitrogens is 2. The van der Waals surface area contributed by atoms with Gasteiger partial charge in [-0.1, -0.05) is 41.9 Å². The van der Waals surface area contributed by atoms with Crippen molar-refractivity contribution in [1.29, 1.82) is 0 Å². The fraction of sp³-hybridized carbons (Fsp3) is 0.176. The van der Waals surface area contributed by atoms with Crippen LogP contribution >= 0.6 is 27.5 Å². The Kier molecular flexibility index (Phi) is 5.37. The number of hydrogen-bond donors (Lipinski definition) is 1. The maximum Gasteiger partial charge on any atom is 0.287 e. The van der Waals surface area contributed by atoms with Gasteiger partial charge in [-0.15, -0.1) is 0 Å². The number of hydrogen-bond acceptors (Lipinski definition) is 4. The summed E-state index contributed by atoms with van der Waals surface area (Å²) in [4.78, 5) is 12.3. The van der Waals surface area contributed by atoms with Crippen molar-refractivity contribution in [3.05, 3.63) is 80.0 Å². The van der Waals surface area contributed by atoms with Crippen LogP contribution in [0, 0.1) is 0 Å². The van der Waals surface area contributed by atoms with Crippen LogP contribution in [0.4, 0.5) is 5.69 Å². The van der Waals surface area contributed by atoms with E-state index in [-0.39, 0.29) is 10.6 Å². The minimum Gasteiger partial charge on any atom is -0.454 e. The van der Waals surface area contributed by atoms with Crippen LogP contribution in [0.3, 0.4) is 0 Å². The van der Waals surface area contributed by atoms with E-state index in [1.54, 1.807) is 6.20 Å². The molecule has 0 saturated carbocycles. The third-order valence-electron chi connectivity index (χ3n) is 3.48. The zero-order chi connectivity index (χ0) is 16.9. The summed E-state index contributed by atoms with van der Waals surface area (Å²) in [7, 11) is 0. The molecule has 0 radical (unpaired) electrons. The van der Waals surface area contributed by atoms with Gasteiger partial charge in [-0.25, -0.2) is 4.68 Å². The lowest BCUT2D eigenvalue weighted by atomic mass is 10.2. The van der Waals surface area contributed by atoms with Gasteiger partial charge in [0.1, 0.15) is 10.8 Å². The van der Waals surface area contributed by atoms with Crippen LogP contribution in [-0.2, 0) is 13.0 Å². The first-order valence-electron chi connectivity index (χ1n) is 7.41. The fourth-order valence-corrected chi connectivity index (χ4v) is 2.82. The molecule has 2 aromatic heterocycles. The average Bonchev–Trinajstić information content (AvgIpc) is 3.00. The van der Waals surface area contributed by atoms with E-state index in [1.165, 1.54) is 4.68 Å². The number of furan rings is 1. The molecule has 0 aliphatic carbocycles. The van der Waals surface area contributed by atoms with Crippen LogP contribution in [0.15, 0.2) is 62.5 Å². The monoisotopic (exact) mass is 407 g/mol. The molecule has 0 amide bonds. The van der Waals surface area contributed by atoms with Gasteiger partial charge in [0.05, 0.1) is 18.4 Å². The maximum atomic E-state index is 12.3. The van der Waals surface area contributed by atoms with Gasteiger partial charge >= 0.3 is 0 Å². The van der Waals surface area contributed by atoms with Gasteiger partial charge in [0, 0.05) is 13.0 Å². The van der Waals surface area contributed by atoms with Crippen LogP contribution in [0.2, 0.25) is 5.02 Å². The van der Waals surface area contributed by atoms with E-state index >= 15 is 0 Å². The number of benzene rings is 1. The second-order valence-electron chi connectivity index (χ2n) is 5.20. The highest BCUT2D eigenvalue weighted by molar-refractivity contribution is 9.10. The highest BCUT2D eigenvalue weighted by Gasteiger charge is 2.10. The minimum absolute atomic E-state index is 0.140. The maximum absolute atomic E-state index is 12.3. The van der Waals surface area contributed by atoms with E-state index in [0.717, 1.165) is 11.3 Å². The lowest BCUT2D eigenvalue weighted by molar-refractivity contribution is 0.491. The molecule has 1 aromatic carbocycles. The molecule has 0 atom stereocenters. The predicted octanol–water partition coefficient (Wildman–Crippen LogP) is 3.96. The first-order valence-corrected chi connectivity index (χ1v) is 8.58.